The first-order valence-electron chi connectivity index (χ1n) is 7.24. The molecule has 0 aromatic carbocycles. The average molecular weight is 282 g/mol. The van der Waals surface area contributed by atoms with Crippen molar-refractivity contribution >= 4 is 11.6 Å². The van der Waals surface area contributed by atoms with E-state index in [1.54, 1.807) is 6.07 Å². The molecule has 0 aliphatic carbocycles. The quantitative estimate of drug-likeness (QED) is 0.547. The van der Waals surface area contributed by atoms with Gasteiger partial charge in [-0.1, -0.05) is 13.8 Å². The molecule has 0 bridgehead atoms. The minimum atomic E-state index is -0.749. The summed E-state index contributed by atoms with van der Waals surface area (Å²) >= 11 is 0. The lowest BCUT2D eigenvalue weighted by atomic mass is 9.98. The molecule has 0 saturated heterocycles. The van der Waals surface area contributed by atoms with Crippen LogP contribution in [0.5, 0.6) is 0 Å². The molecular weight excluding hydrogens is 256 g/mol. The second-order valence-electron chi connectivity index (χ2n) is 4.91. The van der Waals surface area contributed by atoms with Crippen molar-refractivity contribution in [3.8, 4) is 0 Å². The van der Waals surface area contributed by atoms with Crippen molar-refractivity contribution in [3.05, 3.63) is 11.9 Å². The van der Waals surface area contributed by atoms with E-state index in [0.717, 1.165) is 31.0 Å². The molecule has 0 fully saturated rings. The molecule has 0 aliphatic heterocycles. The lowest BCUT2D eigenvalue weighted by molar-refractivity contribution is 0.132. The minimum Gasteiger partial charge on any atom is -0.394 e. The summed E-state index contributed by atoms with van der Waals surface area (Å²) in [6.45, 7) is 6.48. The number of anilines is 2. The number of nitrogens with one attached hydrogen (secondary N) is 2. The maximum absolute atomic E-state index is 9.50. The van der Waals surface area contributed by atoms with E-state index in [2.05, 4.69) is 27.5 Å². The summed E-state index contributed by atoms with van der Waals surface area (Å²) in [7, 11) is 0. The van der Waals surface area contributed by atoms with Crippen molar-refractivity contribution in [3.63, 3.8) is 0 Å². The van der Waals surface area contributed by atoms with E-state index in [9.17, 15) is 10.2 Å². The smallest absolute Gasteiger partial charge is 0.133 e. The summed E-state index contributed by atoms with van der Waals surface area (Å²) in [6.07, 6.45) is 2.36. The molecule has 4 N–H and O–H groups in total. The first kappa shape index (κ1) is 16.7. The Kier molecular flexibility index (Phi) is 6.67. The van der Waals surface area contributed by atoms with E-state index in [1.165, 1.54) is 0 Å². The Hall–Kier alpha value is -1.40. The van der Waals surface area contributed by atoms with Crippen LogP contribution in [0, 0.1) is 0 Å². The van der Waals surface area contributed by atoms with Crippen LogP contribution >= 0.6 is 0 Å². The van der Waals surface area contributed by atoms with Gasteiger partial charge in [0.15, 0.2) is 0 Å². The summed E-state index contributed by atoms with van der Waals surface area (Å²) in [5, 5.41) is 25.3. The third-order valence-electron chi connectivity index (χ3n) is 3.28. The highest BCUT2D eigenvalue weighted by Gasteiger charge is 2.27. The van der Waals surface area contributed by atoms with E-state index in [-0.39, 0.29) is 13.2 Å². The van der Waals surface area contributed by atoms with Gasteiger partial charge in [-0.15, -0.1) is 0 Å². The van der Waals surface area contributed by atoms with Gasteiger partial charge in [0.25, 0.3) is 0 Å². The highest BCUT2D eigenvalue weighted by atomic mass is 16.3. The lowest BCUT2D eigenvalue weighted by Crippen LogP contribution is -2.45. The average Bonchev–Trinajstić information content (AvgIpc) is 2.45. The Balaban J connectivity index is 3.02. The predicted octanol–water partition coefficient (Wildman–Crippen LogP) is 1.41. The fourth-order valence-corrected chi connectivity index (χ4v) is 1.88. The van der Waals surface area contributed by atoms with Gasteiger partial charge in [-0.3, -0.25) is 0 Å². The summed E-state index contributed by atoms with van der Waals surface area (Å²) in [5.41, 5.74) is -0.749. The Morgan fingerprint density at radius 3 is 2.25 bits per heavy atom. The van der Waals surface area contributed by atoms with Gasteiger partial charge in [-0.25, -0.2) is 9.97 Å². The molecular formula is C14H26N4O2. The molecule has 0 amide bonds. The van der Waals surface area contributed by atoms with Crippen LogP contribution in [0.4, 0.5) is 11.6 Å². The number of aliphatic hydroxyl groups is 2. The number of aryl methyl sites for hydroxylation is 1. The van der Waals surface area contributed by atoms with Gasteiger partial charge in [0.1, 0.15) is 17.5 Å². The zero-order valence-electron chi connectivity index (χ0n) is 12.6. The first-order chi connectivity index (χ1) is 9.62. The molecule has 1 aromatic rings. The second kappa shape index (κ2) is 8.01. The fraction of sp³-hybridized carbons (Fsp3) is 0.714. The summed E-state index contributed by atoms with van der Waals surface area (Å²) in [5.74, 6) is 2.15. The lowest BCUT2D eigenvalue weighted by Gasteiger charge is -2.30. The van der Waals surface area contributed by atoms with Gasteiger partial charge in [0, 0.05) is 19.0 Å². The molecule has 114 valence electrons. The molecule has 20 heavy (non-hydrogen) atoms. The zero-order valence-corrected chi connectivity index (χ0v) is 12.6. The number of hydrogen-bond donors (Lipinski definition) is 4. The number of hydrogen-bond acceptors (Lipinski definition) is 6. The first-order valence-corrected chi connectivity index (χ1v) is 7.24. The molecule has 0 atom stereocenters. The van der Waals surface area contributed by atoms with Gasteiger partial charge < -0.3 is 20.8 Å². The Morgan fingerprint density at radius 2 is 1.75 bits per heavy atom. The van der Waals surface area contributed by atoms with Crippen molar-refractivity contribution < 1.29 is 10.2 Å². The van der Waals surface area contributed by atoms with E-state index < -0.39 is 5.54 Å². The minimum absolute atomic E-state index is 0.149. The zero-order chi connectivity index (χ0) is 15.0. The third kappa shape index (κ3) is 4.31. The Labute approximate surface area is 120 Å². The van der Waals surface area contributed by atoms with Crippen LogP contribution in [0.2, 0.25) is 0 Å². The van der Waals surface area contributed by atoms with Crippen molar-refractivity contribution in [2.24, 2.45) is 0 Å². The Morgan fingerprint density at radius 1 is 1.10 bits per heavy atom. The van der Waals surface area contributed by atoms with Gasteiger partial charge in [0.05, 0.1) is 18.8 Å². The molecule has 0 radical (unpaired) electrons. The van der Waals surface area contributed by atoms with Gasteiger partial charge in [-0.2, -0.15) is 0 Å². The highest BCUT2D eigenvalue weighted by molar-refractivity contribution is 5.49. The largest absolute Gasteiger partial charge is 0.394 e. The highest BCUT2D eigenvalue weighted by Crippen LogP contribution is 2.19. The maximum atomic E-state index is 9.50. The van der Waals surface area contributed by atoms with Gasteiger partial charge >= 0.3 is 0 Å². The van der Waals surface area contributed by atoms with Crippen molar-refractivity contribution in [2.75, 3.05) is 30.4 Å². The van der Waals surface area contributed by atoms with E-state index in [4.69, 9.17) is 0 Å². The van der Waals surface area contributed by atoms with Crippen LogP contribution in [0.25, 0.3) is 0 Å². The predicted molar refractivity (Wildman–Crippen MR) is 81.0 cm³/mol. The Bertz CT molecular complexity index is 376. The maximum Gasteiger partial charge on any atom is 0.133 e. The normalized spacial score (nSPS) is 11.4. The van der Waals surface area contributed by atoms with Gasteiger partial charge in [-0.05, 0) is 19.8 Å². The van der Waals surface area contributed by atoms with Crippen molar-refractivity contribution in [2.45, 2.75) is 45.6 Å². The second-order valence-corrected chi connectivity index (χ2v) is 4.91. The number of rotatable bonds is 9. The van der Waals surface area contributed by atoms with E-state index >= 15 is 0 Å². The number of aromatic nitrogens is 2. The van der Waals surface area contributed by atoms with Crippen molar-refractivity contribution in [1.29, 1.82) is 0 Å². The van der Waals surface area contributed by atoms with Crippen LogP contribution in [0.1, 0.15) is 39.4 Å². The SMILES string of the molecule is CCCc1nc(NCC)cc(NC(CC)(CO)CO)n1. The van der Waals surface area contributed by atoms with Gasteiger partial charge in [0.2, 0.25) is 0 Å². The van der Waals surface area contributed by atoms with Crippen LogP contribution in [0.3, 0.4) is 0 Å². The molecule has 1 rings (SSSR count). The molecule has 1 heterocycles. The molecule has 0 spiro atoms. The standard InChI is InChI=1S/C14H26N4O2/c1-4-7-11-16-12(15-6-3)8-13(17-11)18-14(5-2,9-19)10-20/h8,19-20H,4-7,9-10H2,1-3H3,(H2,15,16,17,18). The number of nitrogens with zero attached hydrogens (tertiary/aromatic N) is 2. The van der Waals surface area contributed by atoms with Crippen molar-refractivity contribution in [1.82, 2.24) is 9.97 Å². The van der Waals surface area contributed by atoms with Crippen LogP contribution in [-0.4, -0.2) is 45.5 Å². The van der Waals surface area contributed by atoms with E-state index in [1.807, 2.05) is 13.8 Å². The summed E-state index contributed by atoms with van der Waals surface area (Å²) < 4.78 is 0. The molecule has 0 saturated carbocycles. The molecule has 0 unspecified atom stereocenters. The van der Waals surface area contributed by atoms with E-state index in [0.29, 0.717) is 12.2 Å². The summed E-state index contributed by atoms with van der Waals surface area (Å²) in [6, 6.07) is 1.80. The monoisotopic (exact) mass is 282 g/mol. The van der Waals surface area contributed by atoms with Crippen LogP contribution in [-0.2, 0) is 6.42 Å². The molecule has 1 aromatic heterocycles. The molecule has 6 nitrogen and oxygen atoms in total. The number of aliphatic hydroxyl groups excluding tert-OH is 2. The van der Waals surface area contributed by atoms with Crippen LogP contribution < -0.4 is 10.6 Å². The fourth-order valence-electron chi connectivity index (χ4n) is 1.88. The molecule has 0 aliphatic rings. The molecule has 6 heteroatoms. The third-order valence-corrected chi connectivity index (χ3v) is 3.28. The summed E-state index contributed by atoms with van der Waals surface area (Å²) in [4.78, 5) is 8.88. The van der Waals surface area contributed by atoms with Crippen LogP contribution in [0.15, 0.2) is 6.07 Å². The topological polar surface area (TPSA) is 90.3 Å².